The number of carbonyl (C=O) groups excluding carboxylic acids is 1. The molecule has 1 saturated heterocycles. The van der Waals surface area contributed by atoms with Crippen LogP contribution in [0.25, 0.3) is 0 Å². The fourth-order valence-electron chi connectivity index (χ4n) is 2.65. The lowest BCUT2D eigenvalue weighted by molar-refractivity contribution is 0.0926. The number of halogens is 1. The molecule has 1 amide bonds. The number of sulfonamides is 1. The van der Waals surface area contributed by atoms with Crippen LogP contribution < -0.4 is 15.4 Å². The maximum atomic E-state index is 13.6. The Balaban J connectivity index is 1.71. The van der Waals surface area contributed by atoms with Crippen LogP contribution in [0.15, 0.2) is 41.4 Å². The molecule has 1 fully saturated rings. The zero-order valence-electron chi connectivity index (χ0n) is 13.4. The molecular weight excluding hydrogens is 347 g/mol. The monoisotopic (exact) mass is 366 g/mol. The number of para-hydroxylation sites is 1. The van der Waals surface area contributed by atoms with Gasteiger partial charge in [0.25, 0.3) is 15.9 Å². The number of rotatable bonds is 5. The topological polar surface area (TPSA) is 103 Å². The molecule has 7 nitrogen and oxygen atoms in total. The second-order valence-electron chi connectivity index (χ2n) is 5.85. The van der Waals surface area contributed by atoms with E-state index in [0.29, 0.717) is 6.54 Å². The fourth-order valence-corrected chi connectivity index (χ4v) is 3.71. The molecule has 1 aliphatic rings. The summed E-state index contributed by atoms with van der Waals surface area (Å²) in [7, 11) is -4.00. The average Bonchev–Trinajstić information content (AvgIpc) is 3.09. The van der Waals surface area contributed by atoms with Gasteiger partial charge in [0.05, 0.1) is 5.69 Å². The molecule has 0 spiro atoms. The average molecular weight is 366 g/mol. The minimum Gasteiger partial charge on any atom is -0.356 e. The maximum Gasteiger partial charge on any atom is 0.267 e. The van der Waals surface area contributed by atoms with Gasteiger partial charge in [-0.1, -0.05) is 12.1 Å². The molecule has 25 heavy (non-hydrogen) atoms. The summed E-state index contributed by atoms with van der Waals surface area (Å²) in [6.07, 6.45) is 3.05. The first-order valence-electron chi connectivity index (χ1n) is 7.93. The zero-order chi connectivity index (χ0) is 17.9. The molecular formula is C16H19FN4O3S. The van der Waals surface area contributed by atoms with Crippen molar-refractivity contribution in [2.45, 2.75) is 23.8 Å². The molecule has 0 radical (unpaired) electrons. The lowest BCUT2D eigenvalue weighted by atomic mass is 10.1. The van der Waals surface area contributed by atoms with Crippen LogP contribution in [0.1, 0.15) is 23.3 Å². The van der Waals surface area contributed by atoms with Gasteiger partial charge in [-0.05, 0) is 37.6 Å². The van der Waals surface area contributed by atoms with Crippen molar-refractivity contribution in [3.8, 4) is 0 Å². The molecule has 2 heterocycles. The second kappa shape index (κ2) is 7.24. The van der Waals surface area contributed by atoms with Gasteiger partial charge in [0.1, 0.15) is 16.4 Å². The van der Waals surface area contributed by atoms with Crippen LogP contribution in [0.2, 0.25) is 0 Å². The predicted molar refractivity (Wildman–Crippen MR) is 91.4 cm³/mol. The minimum absolute atomic E-state index is 0.0150. The van der Waals surface area contributed by atoms with Crippen molar-refractivity contribution in [3.63, 3.8) is 0 Å². The highest BCUT2D eigenvalue weighted by atomic mass is 32.2. The summed E-state index contributed by atoms with van der Waals surface area (Å²) in [4.78, 5) is 14.7. The Morgan fingerprint density at radius 2 is 2.08 bits per heavy atom. The predicted octanol–water partition coefficient (Wildman–Crippen LogP) is 1.44. The Bertz CT molecular complexity index is 860. The van der Waals surface area contributed by atoms with E-state index in [-0.39, 0.29) is 28.2 Å². The standard InChI is InChI=1S/C16H19FN4O3S/c17-13-5-1-2-6-14(13)21-25(23,24)12-8-15(19-10-12)16(22)20-11-4-3-7-18-9-11/h1-2,5-6,8,10-11,18-19,21H,3-4,7,9H2,(H,20,22)/t11-/m0/s1. The molecule has 134 valence electrons. The highest BCUT2D eigenvalue weighted by Gasteiger charge is 2.21. The van der Waals surface area contributed by atoms with E-state index >= 15 is 0 Å². The molecule has 0 aliphatic carbocycles. The third-order valence-electron chi connectivity index (χ3n) is 3.96. The Hall–Kier alpha value is -2.39. The molecule has 4 N–H and O–H groups in total. The van der Waals surface area contributed by atoms with E-state index in [0.717, 1.165) is 25.5 Å². The second-order valence-corrected chi connectivity index (χ2v) is 7.53. The van der Waals surface area contributed by atoms with Gasteiger partial charge in [-0.15, -0.1) is 0 Å². The van der Waals surface area contributed by atoms with E-state index in [1.807, 2.05) is 0 Å². The number of hydrogen-bond donors (Lipinski definition) is 4. The fraction of sp³-hybridized carbons (Fsp3) is 0.312. The number of nitrogens with one attached hydrogen (secondary N) is 4. The normalized spacial score (nSPS) is 17.9. The highest BCUT2D eigenvalue weighted by Crippen LogP contribution is 2.19. The molecule has 0 saturated carbocycles. The number of benzene rings is 1. The summed E-state index contributed by atoms with van der Waals surface area (Å²) in [5.74, 6) is -1.05. The number of piperidine rings is 1. The summed E-state index contributed by atoms with van der Waals surface area (Å²) < 4.78 is 40.5. The van der Waals surface area contributed by atoms with Crippen LogP contribution in [0, 0.1) is 5.82 Å². The van der Waals surface area contributed by atoms with Gasteiger partial charge < -0.3 is 15.6 Å². The number of amides is 1. The Labute approximate surface area is 145 Å². The van der Waals surface area contributed by atoms with Crippen molar-refractivity contribution in [1.29, 1.82) is 0 Å². The van der Waals surface area contributed by atoms with Gasteiger partial charge in [0.15, 0.2) is 0 Å². The first-order chi connectivity index (χ1) is 12.0. The zero-order valence-corrected chi connectivity index (χ0v) is 14.2. The number of H-pyrrole nitrogens is 1. The molecule has 3 rings (SSSR count). The molecule has 1 aromatic heterocycles. The van der Waals surface area contributed by atoms with Gasteiger partial charge in [-0.2, -0.15) is 0 Å². The Morgan fingerprint density at radius 3 is 2.80 bits per heavy atom. The number of carbonyl (C=O) groups is 1. The van der Waals surface area contributed by atoms with E-state index in [1.54, 1.807) is 0 Å². The molecule has 0 bridgehead atoms. The highest BCUT2D eigenvalue weighted by molar-refractivity contribution is 7.92. The van der Waals surface area contributed by atoms with Crippen molar-refractivity contribution >= 4 is 21.6 Å². The van der Waals surface area contributed by atoms with E-state index in [4.69, 9.17) is 0 Å². The summed E-state index contributed by atoms with van der Waals surface area (Å²) >= 11 is 0. The van der Waals surface area contributed by atoms with E-state index in [2.05, 4.69) is 20.3 Å². The summed E-state index contributed by atoms with van der Waals surface area (Å²) in [6.45, 7) is 1.62. The first-order valence-corrected chi connectivity index (χ1v) is 9.41. The lowest BCUT2D eigenvalue weighted by Gasteiger charge is -2.23. The van der Waals surface area contributed by atoms with Gasteiger partial charge in [-0.25, -0.2) is 12.8 Å². The summed E-state index contributed by atoms with van der Waals surface area (Å²) in [5.41, 5.74) is -0.0116. The van der Waals surface area contributed by atoms with Crippen LogP contribution in [0.5, 0.6) is 0 Å². The van der Waals surface area contributed by atoms with Gasteiger partial charge in [0, 0.05) is 18.8 Å². The number of hydrogen-bond acceptors (Lipinski definition) is 4. The Morgan fingerprint density at radius 1 is 1.28 bits per heavy atom. The maximum absolute atomic E-state index is 13.6. The quantitative estimate of drug-likeness (QED) is 0.643. The molecule has 2 aromatic rings. The minimum atomic E-state index is -4.00. The van der Waals surface area contributed by atoms with E-state index in [9.17, 15) is 17.6 Å². The largest absolute Gasteiger partial charge is 0.356 e. The van der Waals surface area contributed by atoms with Crippen molar-refractivity contribution in [1.82, 2.24) is 15.6 Å². The lowest BCUT2D eigenvalue weighted by Crippen LogP contribution is -2.45. The van der Waals surface area contributed by atoms with Crippen LogP contribution in [0.4, 0.5) is 10.1 Å². The third kappa shape index (κ3) is 4.18. The molecule has 0 unspecified atom stereocenters. The molecule has 1 atom stereocenters. The van der Waals surface area contributed by atoms with Crippen molar-refractivity contribution in [2.75, 3.05) is 17.8 Å². The summed E-state index contributed by atoms with van der Waals surface area (Å²) in [6, 6.07) is 6.71. The SMILES string of the molecule is O=C(N[C@H]1CCCNC1)c1cc(S(=O)(=O)Nc2ccccc2F)c[nH]1. The number of anilines is 1. The van der Waals surface area contributed by atoms with Gasteiger partial charge in [-0.3, -0.25) is 9.52 Å². The molecule has 1 aromatic carbocycles. The van der Waals surface area contributed by atoms with Gasteiger partial charge in [0.2, 0.25) is 0 Å². The Kier molecular flexibility index (Phi) is 5.05. The van der Waals surface area contributed by atoms with Gasteiger partial charge >= 0.3 is 0 Å². The van der Waals surface area contributed by atoms with Crippen LogP contribution in [-0.4, -0.2) is 38.4 Å². The third-order valence-corrected chi connectivity index (χ3v) is 5.31. The molecule has 1 aliphatic heterocycles. The first kappa shape index (κ1) is 17.4. The number of aromatic amines is 1. The number of aromatic nitrogens is 1. The van der Waals surface area contributed by atoms with Crippen molar-refractivity contribution in [3.05, 3.63) is 48.0 Å². The van der Waals surface area contributed by atoms with Crippen molar-refractivity contribution < 1.29 is 17.6 Å². The van der Waals surface area contributed by atoms with Crippen LogP contribution in [-0.2, 0) is 10.0 Å². The summed E-state index contributed by atoms with van der Waals surface area (Å²) in [5, 5.41) is 6.04. The smallest absolute Gasteiger partial charge is 0.267 e. The van der Waals surface area contributed by atoms with Crippen LogP contribution >= 0.6 is 0 Å². The van der Waals surface area contributed by atoms with Crippen LogP contribution in [0.3, 0.4) is 0 Å². The van der Waals surface area contributed by atoms with E-state index < -0.39 is 15.8 Å². The van der Waals surface area contributed by atoms with E-state index in [1.165, 1.54) is 30.5 Å². The van der Waals surface area contributed by atoms with Crippen molar-refractivity contribution in [2.24, 2.45) is 0 Å². The molecule has 9 heteroatoms.